The van der Waals surface area contributed by atoms with Crippen molar-refractivity contribution in [3.8, 4) is 40.0 Å². The first kappa shape index (κ1) is 32.3. The van der Waals surface area contributed by atoms with Crippen LogP contribution in [0, 0.1) is 0 Å². The highest BCUT2D eigenvalue weighted by molar-refractivity contribution is 7.90. The minimum atomic E-state index is -2.98. The number of aromatic nitrogens is 3. The maximum atomic E-state index is 11.5. The largest absolute Gasteiger partial charge is 0.497 e. The molecule has 4 aromatic rings. The third-order valence-electron chi connectivity index (χ3n) is 7.26. The molecule has 1 aliphatic heterocycles. The predicted molar refractivity (Wildman–Crippen MR) is 175 cm³/mol. The second-order valence-corrected chi connectivity index (χ2v) is 13.3. The van der Waals surface area contributed by atoms with Crippen molar-refractivity contribution in [2.75, 3.05) is 63.0 Å². The quantitative estimate of drug-likeness (QED) is 0.187. The van der Waals surface area contributed by atoms with Crippen LogP contribution in [0.1, 0.15) is 19.8 Å². The van der Waals surface area contributed by atoms with E-state index < -0.39 is 9.84 Å². The zero-order valence-corrected chi connectivity index (χ0v) is 27.2. The van der Waals surface area contributed by atoms with Crippen LogP contribution in [0.25, 0.3) is 22.7 Å². The van der Waals surface area contributed by atoms with Crippen molar-refractivity contribution in [3.05, 3.63) is 53.7 Å². The molecule has 240 valence electrons. The maximum absolute atomic E-state index is 11.5. The van der Waals surface area contributed by atoms with Crippen LogP contribution < -0.4 is 24.8 Å². The zero-order valence-electron chi connectivity index (χ0n) is 25.7. The molecule has 0 bridgehead atoms. The van der Waals surface area contributed by atoms with Gasteiger partial charge in [-0.15, -0.1) is 0 Å². The van der Waals surface area contributed by atoms with Gasteiger partial charge in [0, 0.05) is 55.9 Å². The molecule has 1 aliphatic rings. The number of hydrogen-bond acceptors (Lipinski definition) is 12. The van der Waals surface area contributed by atoms with E-state index in [1.54, 1.807) is 38.6 Å². The van der Waals surface area contributed by atoms with Crippen molar-refractivity contribution >= 4 is 39.1 Å². The lowest BCUT2D eigenvalue weighted by molar-refractivity contribution is 0.104. The van der Waals surface area contributed by atoms with Crippen LogP contribution in [-0.4, -0.2) is 86.8 Å². The van der Waals surface area contributed by atoms with E-state index in [1.165, 1.54) is 6.26 Å². The number of anilines is 3. The van der Waals surface area contributed by atoms with Gasteiger partial charge in [-0.1, -0.05) is 11.6 Å². The van der Waals surface area contributed by atoms with Gasteiger partial charge in [0.05, 0.1) is 25.0 Å². The minimum absolute atomic E-state index is 0.00329. The SMILES string of the molecule is CCNc1nc(-c2cc(OC)cc(OC)c2)c(-c2ccnc(Nc3ccc(OC4CCN(CCS(C)(=O)=O)CC4)c(Cl)c3)n2)o1. The Morgan fingerprint density at radius 3 is 2.42 bits per heavy atom. The predicted octanol–water partition coefficient (Wildman–Crippen LogP) is 5.53. The molecule has 0 unspecified atom stereocenters. The van der Waals surface area contributed by atoms with Crippen LogP contribution >= 0.6 is 11.6 Å². The first-order valence-corrected chi connectivity index (χ1v) is 17.0. The molecule has 14 heteroatoms. The Balaban J connectivity index is 1.30. The molecule has 0 atom stereocenters. The molecule has 0 amide bonds. The lowest BCUT2D eigenvalue weighted by atomic mass is 10.1. The van der Waals surface area contributed by atoms with Gasteiger partial charge < -0.3 is 34.2 Å². The first-order valence-electron chi connectivity index (χ1n) is 14.6. The number of oxazole rings is 1. The van der Waals surface area contributed by atoms with Gasteiger partial charge in [-0.05, 0) is 56.2 Å². The third kappa shape index (κ3) is 8.56. The fraction of sp³-hybridized carbons (Fsp3) is 0.387. The summed E-state index contributed by atoms with van der Waals surface area (Å²) in [5, 5.41) is 6.79. The number of likely N-dealkylation sites (tertiary alicyclic amines) is 1. The normalized spacial score (nSPS) is 14.2. The summed E-state index contributed by atoms with van der Waals surface area (Å²) in [7, 11) is 0.207. The number of ether oxygens (including phenoxy) is 3. The Morgan fingerprint density at radius 2 is 1.78 bits per heavy atom. The Labute approximate surface area is 268 Å². The Bertz CT molecular complexity index is 1700. The van der Waals surface area contributed by atoms with Crippen LogP contribution in [-0.2, 0) is 9.84 Å². The number of nitrogens with one attached hydrogen (secondary N) is 2. The Hall–Kier alpha value is -4.07. The fourth-order valence-electron chi connectivity index (χ4n) is 4.93. The van der Waals surface area contributed by atoms with Gasteiger partial charge in [-0.3, -0.25) is 0 Å². The summed E-state index contributed by atoms with van der Waals surface area (Å²) >= 11 is 6.61. The highest BCUT2D eigenvalue weighted by Gasteiger charge is 2.23. The van der Waals surface area contributed by atoms with Gasteiger partial charge in [0.15, 0.2) is 5.76 Å². The highest BCUT2D eigenvalue weighted by atomic mass is 35.5. The summed E-state index contributed by atoms with van der Waals surface area (Å²) in [6, 6.07) is 13.0. The molecule has 12 nitrogen and oxygen atoms in total. The molecule has 1 fully saturated rings. The van der Waals surface area contributed by atoms with E-state index in [0.29, 0.717) is 70.2 Å². The van der Waals surface area contributed by atoms with E-state index in [-0.39, 0.29) is 11.9 Å². The van der Waals surface area contributed by atoms with Gasteiger partial charge in [-0.2, -0.15) is 4.98 Å². The summed E-state index contributed by atoms with van der Waals surface area (Å²) in [5.41, 5.74) is 2.52. The Morgan fingerprint density at radius 1 is 1.04 bits per heavy atom. The number of methoxy groups -OCH3 is 2. The first-order chi connectivity index (χ1) is 21.6. The molecule has 0 saturated carbocycles. The van der Waals surface area contributed by atoms with Gasteiger partial charge in [0.25, 0.3) is 6.01 Å². The summed E-state index contributed by atoms with van der Waals surface area (Å²) in [6.07, 6.45) is 4.49. The van der Waals surface area contributed by atoms with Crippen LogP contribution in [0.3, 0.4) is 0 Å². The van der Waals surface area contributed by atoms with Crippen LogP contribution in [0.4, 0.5) is 17.7 Å². The smallest absolute Gasteiger partial charge is 0.295 e. The molecule has 0 spiro atoms. The maximum Gasteiger partial charge on any atom is 0.295 e. The van der Waals surface area contributed by atoms with E-state index in [2.05, 4.69) is 25.5 Å². The molecule has 3 heterocycles. The molecule has 5 rings (SSSR count). The van der Waals surface area contributed by atoms with Crippen molar-refractivity contribution in [2.45, 2.75) is 25.9 Å². The molecule has 45 heavy (non-hydrogen) atoms. The van der Waals surface area contributed by atoms with Gasteiger partial charge >= 0.3 is 0 Å². The average molecular weight is 657 g/mol. The fourth-order valence-corrected chi connectivity index (χ4v) is 5.75. The van der Waals surface area contributed by atoms with E-state index in [0.717, 1.165) is 31.5 Å². The molecular formula is C31H37ClN6O6S. The minimum Gasteiger partial charge on any atom is -0.497 e. The number of nitrogens with zero attached hydrogens (tertiary/aromatic N) is 4. The second-order valence-electron chi connectivity index (χ2n) is 10.7. The van der Waals surface area contributed by atoms with Crippen molar-refractivity contribution < 1.29 is 27.0 Å². The molecule has 2 N–H and O–H groups in total. The van der Waals surface area contributed by atoms with Crippen LogP contribution in [0.15, 0.2) is 53.1 Å². The molecular weight excluding hydrogens is 620 g/mol. The summed E-state index contributed by atoms with van der Waals surface area (Å²) in [5.74, 6) is 2.78. The number of piperidine rings is 1. The summed E-state index contributed by atoms with van der Waals surface area (Å²) in [6.45, 7) is 4.68. The van der Waals surface area contributed by atoms with E-state index in [1.807, 2.05) is 31.2 Å². The second kappa shape index (κ2) is 14.4. The average Bonchev–Trinajstić information content (AvgIpc) is 3.46. The van der Waals surface area contributed by atoms with Crippen molar-refractivity contribution in [1.29, 1.82) is 0 Å². The zero-order chi connectivity index (χ0) is 32.0. The number of benzene rings is 2. The standard InChI is InChI=1S/C31H37ClN6O6S/c1-5-33-31-37-28(20-16-23(41-2)19-24(17-20)42-3)29(44-31)26-8-11-34-30(36-26)35-21-6-7-27(25(32)18-21)43-22-9-12-38(13-10-22)14-15-45(4,39)40/h6-8,11,16-19,22H,5,9-10,12-15H2,1-4H3,(H,33,37)(H,34,35,36). The summed E-state index contributed by atoms with van der Waals surface area (Å²) in [4.78, 5) is 15.9. The third-order valence-corrected chi connectivity index (χ3v) is 8.48. The van der Waals surface area contributed by atoms with E-state index in [4.69, 9.17) is 35.2 Å². The van der Waals surface area contributed by atoms with Gasteiger partial charge in [0.1, 0.15) is 44.6 Å². The monoisotopic (exact) mass is 656 g/mol. The molecule has 0 aliphatic carbocycles. The molecule has 0 radical (unpaired) electrons. The van der Waals surface area contributed by atoms with Gasteiger partial charge in [0.2, 0.25) is 5.95 Å². The topological polar surface area (TPSA) is 141 Å². The van der Waals surface area contributed by atoms with Gasteiger partial charge in [-0.25, -0.2) is 18.4 Å². The lowest BCUT2D eigenvalue weighted by Crippen LogP contribution is -2.40. The summed E-state index contributed by atoms with van der Waals surface area (Å²) < 4.78 is 46.2. The van der Waals surface area contributed by atoms with Crippen LogP contribution in [0.2, 0.25) is 5.02 Å². The van der Waals surface area contributed by atoms with E-state index in [9.17, 15) is 8.42 Å². The molecule has 1 saturated heterocycles. The number of halogens is 1. The van der Waals surface area contributed by atoms with E-state index >= 15 is 0 Å². The Kier molecular flexibility index (Phi) is 10.3. The van der Waals surface area contributed by atoms with Crippen molar-refractivity contribution in [2.24, 2.45) is 0 Å². The number of sulfone groups is 1. The number of rotatable bonds is 13. The van der Waals surface area contributed by atoms with Crippen LogP contribution in [0.5, 0.6) is 17.2 Å². The van der Waals surface area contributed by atoms with Crippen molar-refractivity contribution in [1.82, 2.24) is 19.9 Å². The lowest BCUT2D eigenvalue weighted by Gasteiger charge is -2.32. The molecule has 2 aromatic carbocycles. The number of hydrogen-bond donors (Lipinski definition) is 2. The van der Waals surface area contributed by atoms with Crippen molar-refractivity contribution in [3.63, 3.8) is 0 Å². The highest BCUT2D eigenvalue weighted by Crippen LogP contribution is 2.37. The molecule has 2 aromatic heterocycles.